The summed E-state index contributed by atoms with van der Waals surface area (Å²) in [5.74, 6) is 0.289. The summed E-state index contributed by atoms with van der Waals surface area (Å²) in [5, 5.41) is 1.25. The molecule has 5 rings (SSSR count). The van der Waals surface area contributed by atoms with Crippen molar-refractivity contribution < 1.29 is 18.7 Å². The smallest absolute Gasteiger partial charge is 0.349 e. The van der Waals surface area contributed by atoms with Crippen molar-refractivity contribution in [3.8, 4) is 5.75 Å². The molecule has 0 N–H and O–H groups in total. The van der Waals surface area contributed by atoms with E-state index in [0.29, 0.717) is 28.4 Å². The number of nitrogens with zero attached hydrogens (tertiary/aromatic N) is 3. The molecule has 0 spiro atoms. The van der Waals surface area contributed by atoms with E-state index in [9.17, 15) is 9.59 Å². The lowest BCUT2D eigenvalue weighted by Crippen LogP contribution is -2.40. The van der Waals surface area contributed by atoms with Crippen LogP contribution in [0.15, 0.2) is 57.7 Å². The minimum atomic E-state index is -0.648. The molecule has 0 unspecified atom stereocenters. The maximum Gasteiger partial charge on any atom is 0.349 e. The van der Waals surface area contributed by atoms with E-state index in [2.05, 4.69) is 4.90 Å². The number of thiazole rings is 1. The first-order valence-electron chi connectivity index (χ1n) is 11.2. The van der Waals surface area contributed by atoms with E-state index in [-0.39, 0.29) is 5.56 Å². The van der Waals surface area contributed by atoms with Crippen molar-refractivity contribution >= 4 is 43.6 Å². The molecule has 1 amide bonds. The first kappa shape index (κ1) is 22.5. The maximum absolute atomic E-state index is 13.7. The maximum atomic E-state index is 13.7. The fourth-order valence-corrected chi connectivity index (χ4v) is 5.03. The average Bonchev–Trinajstić information content (AvgIpc) is 3.29. The molecule has 2 aromatic heterocycles. The molecule has 3 heterocycles. The van der Waals surface area contributed by atoms with Gasteiger partial charge in [0.2, 0.25) is 0 Å². The summed E-state index contributed by atoms with van der Waals surface area (Å²) in [6.45, 7) is 4.46. The van der Waals surface area contributed by atoms with E-state index >= 15 is 0 Å². The molecular formula is C25H25N3O5S. The fourth-order valence-electron chi connectivity index (χ4n) is 4.06. The minimum Gasteiger partial charge on any atom is -0.497 e. The number of carbonyl (C=O) groups excluding carboxylic acids is 1. The molecule has 1 aliphatic heterocycles. The van der Waals surface area contributed by atoms with Gasteiger partial charge in [-0.15, -0.1) is 0 Å². The molecule has 0 atom stereocenters. The van der Waals surface area contributed by atoms with Crippen LogP contribution in [0.1, 0.15) is 16.8 Å². The first-order valence-corrected chi connectivity index (χ1v) is 12.0. The van der Waals surface area contributed by atoms with E-state index in [1.54, 1.807) is 30.2 Å². The van der Waals surface area contributed by atoms with E-state index in [0.717, 1.165) is 49.5 Å². The number of hydrogen-bond acceptors (Lipinski definition) is 8. The molecule has 0 radical (unpaired) electrons. The summed E-state index contributed by atoms with van der Waals surface area (Å²) >= 11 is 1.42. The van der Waals surface area contributed by atoms with Crippen LogP contribution in [0.25, 0.3) is 21.2 Å². The normalized spacial score (nSPS) is 14.5. The van der Waals surface area contributed by atoms with Crippen LogP contribution in [-0.4, -0.2) is 62.3 Å². The summed E-state index contributed by atoms with van der Waals surface area (Å²) < 4.78 is 17.1. The first-order chi connectivity index (χ1) is 16.6. The third-order valence-electron chi connectivity index (χ3n) is 5.89. The van der Waals surface area contributed by atoms with Crippen LogP contribution in [0.5, 0.6) is 5.75 Å². The van der Waals surface area contributed by atoms with E-state index in [1.165, 1.54) is 11.3 Å². The number of aromatic nitrogens is 1. The van der Waals surface area contributed by atoms with Crippen LogP contribution < -0.4 is 15.3 Å². The standard InChI is InChI=1S/C25H25N3O5S/c1-31-18-7-8-22-20(16-18)26-25(34-22)28(10-4-9-27-11-13-32-14-12-27)23(29)19-15-17-5-2-3-6-21(17)33-24(19)30/h2-3,5-8,15-16H,4,9-14H2,1H3. The van der Waals surface area contributed by atoms with Crippen molar-refractivity contribution in [1.29, 1.82) is 0 Å². The number of morpholine rings is 1. The van der Waals surface area contributed by atoms with Gasteiger partial charge >= 0.3 is 5.63 Å². The molecule has 2 aromatic carbocycles. The van der Waals surface area contributed by atoms with Crippen LogP contribution in [0.3, 0.4) is 0 Å². The van der Waals surface area contributed by atoms with Crippen LogP contribution in [0.2, 0.25) is 0 Å². The fraction of sp³-hybridized carbons (Fsp3) is 0.320. The van der Waals surface area contributed by atoms with Crippen molar-refractivity contribution in [2.45, 2.75) is 6.42 Å². The highest BCUT2D eigenvalue weighted by Crippen LogP contribution is 2.32. The Balaban J connectivity index is 1.47. The van der Waals surface area contributed by atoms with E-state index in [1.807, 2.05) is 30.3 Å². The Morgan fingerprint density at radius 2 is 2.00 bits per heavy atom. The zero-order valence-electron chi connectivity index (χ0n) is 18.9. The summed E-state index contributed by atoms with van der Waals surface area (Å²) in [4.78, 5) is 35.0. The van der Waals surface area contributed by atoms with Crippen molar-refractivity contribution in [3.63, 3.8) is 0 Å². The van der Waals surface area contributed by atoms with Gasteiger partial charge in [-0.3, -0.25) is 14.6 Å². The van der Waals surface area contributed by atoms with E-state index < -0.39 is 11.5 Å². The second-order valence-corrected chi connectivity index (χ2v) is 9.09. The van der Waals surface area contributed by atoms with Crippen LogP contribution in [0.4, 0.5) is 5.13 Å². The third-order valence-corrected chi connectivity index (χ3v) is 6.95. The highest BCUT2D eigenvalue weighted by Gasteiger charge is 2.25. The number of carbonyl (C=O) groups is 1. The summed E-state index contributed by atoms with van der Waals surface area (Å²) in [6, 6.07) is 14.4. The van der Waals surface area contributed by atoms with Gasteiger partial charge in [-0.25, -0.2) is 9.78 Å². The molecule has 9 heteroatoms. The van der Waals surface area contributed by atoms with Crippen molar-refractivity contribution in [3.05, 3.63) is 64.5 Å². The molecule has 0 saturated carbocycles. The number of benzene rings is 2. The minimum absolute atomic E-state index is 0.00177. The predicted octanol–water partition coefficient (Wildman–Crippen LogP) is 3.78. The second kappa shape index (κ2) is 9.92. The van der Waals surface area contributed by atoms with Crippen molar-refractivity contribution in [2.24, 2.45) is 0 Å². The highest BCUT2D eigenvalue weighted by molar-refractivity contribution is 7.22. The Labute approximate surface area is 200 Å². The zero-order valence-corrected chi connectivity index (χ0v) is 19.7. The monoisotopic (exact) mass is 479 g/mol. The van der Waals surface area contributed by atoms with Crippen LogP contribution in [0, 0.1) is 0 Å². The molecule has 34 heavy (non-hydrogen) atoms. The molecule has 4 aromatic rings. The van der Waals surface area contributed by atoms with E-state index in [4.69, 9.17) is 18.9 Å². The van der Waals surface area contributed by atoms with Crippen LogP contribution >= 0.6 is 11.3 Å². The lowest BCUT2D eigenvalue weighted by Gasteiger charge is -2.27. The highest BCUT2D eigenvalue weighted by atomic mass is 32.1. The topological polar surface area (TPSA) is 85.1 Å². The summed E-state index contributed by atoms with van der Waals surface area (Å²) in [6.07, 6.45) is 0.740. The molecule has 176 valence electrons. The molecule has 1 saturated heterocycles. The number of rotatable bonds is 7. The number of amides is 1. The predicted molar refractivity (Wildman–Crippen MR) is 132 cm³/mol. The summed E-state index contributed by atoms with van der Waals surface area (Å²) in [7, 11) is 1.61. The Morgan fingerprint density at radius 1 is 1.18 bits per heavy atom. The Kier molecular flexibility index (Phi) is 6.57. The van der Waals surface area contributed by atoms with Gasteiger partial charge in [-0.05, 0) is 30.7 Å². The number of para-hydroxylation sites is 1. The number of fused-ring (bicyclic) bond motifs is 2. The zero-order chi connectivity index (χ0) is 23.5. The molecular weight excluding hydrogens is 454 g/mol. The van der Waals surface area contributed by atoms with Gasteiger partial charge in [0.1, 0.15) is 16.9 Å². The van der Waals surface area contributed by atoms with Gasteiger partial charge in [-0.1, -0.05) is 29.5 Å². The Hall–Kier alpha value is -3.27. The molecule has 8 nitrogen and oxygen atoms in total. The quantitative estimate of drug-likeness (QED) is 0.373. The van der Waals surface area contributed by atoms with Gasteiger partial charge in [0.25, 0.3) is 5.91 Å². The van der Waals surface area contributed by atoms with Crippen molar-refractivity contribution in [1.82, 2.24) is 9.88 Å². The largest absolute Gasteiger partial charge is 0.497 e. The molecule has 1 fully saturated rings. The lowest BCUT2D eigenvalue weighted by atomic mass is 10.1. The van der Waals surface area contributed by atoms with Gasteiger partial charge in [0.15, 0.2) is 5.13 Å². The van der Waals surface area contributed by atoms with Gasteiger partial charge in [0, 0.05) is 37.6 Å². The Morgan fingerprint density at radius 3 is 2.82 bits per heavy atom. The molecule has 0 aliphatic carbocycles. The third kappa shape index (κ3) is 4.68. The Bertz CT molecular complexity index is 1380. The average molecular weight is 480 g/mol. The van der Waals surface area contributed by atoms with Crippen LogP contribution in [-0.2, 0) is 4.74 Å². The number of hydrogen-bond donors (Lipinski definition) is 0. The number of methoxy groups -OCH3 is 1. The SMILES string of the molecule is COc1ccc2sc(N(CCCN3CCOCC3)C(=O)c3cc4ccccc4oc3=O)nc2c1. The van der Waals surface area contributed by atoms with Gasteiger partial charge < -0.3 is 13.9 Å². The van der Waals surface area contributed by atoms with Gasteiger partial charge in [0.05, 0.1) is 30.5 Å². The van der Waals surface area contributed by atoms with Crippen molar-refractivity contribution in [2.75, 3.05) is 51.4 Å². The molecule has 0 bridgehead atoms. The molecule has 1 aliphatic rings. The van der Waals surface area contributed by atoms with Gasteiger partial charge in [-0.2, -0.15) is 0 Å². The number of anilines is 1. The lowest BCUT2D eigenvalue weighted by molar-refractivity contribution is 0.0376. The number of ether oxygens (including phenoxy) is 2. The second-order valence-electron chi connectivity index (χ2n) is 8.08. The summed E-state index contributed by atoms with van der Waals surface area (Å²) in [5.41, 5.74) is 0.553.